The normalized spacial score (nSPS) is 13.2. The number of aryl methyl sites for hydroxylation is 1. The number of hydrogen-bond donors (Lipinski definition) is 1. The molecule has 1 aromatic heterocycles. The van der Waals surface area contributed by atoms with E-state index in [-0.39, 0.29) is 0 Å². The van der Waals surface area contributed by atoms with Gasteiger partial charge in [0.2, 0.25) is 0 Å². The molecule has 4 nitrogen and oxygen atoms in total. The minimum absolute atomic E-state index is 0.451. The van der Waals surface area contributed by atoms with Crippen molar-refractivity contribution in [2.45, 2.75) is 39.2 Å². The number of nitrogen functional groups attached to an aromatic ring is 1. The number of hydrogen-bond acceptors (Lipinski definition) is 3. The molecule has 0 aliphatic heterocycles. The van der Waals surface area contributed by atoms with E-state index in [4.69, 9.17) is 10.7 Å². The van der Waals surface area contributed by atoms with Crippen molar-refractivity contribution in [1.29, 1.82) is 0 Å². The lowest BCUT2D eigenvalue weighted by atomic mass is 10.2. The van der Waals surface area contributed by atoms with Crippen LogP contribution in [-0.4, -0.2) is 35.1 Å². The van der Waals surface area contributed by atoms with E-state index < -0.39 is 0 Å². The van der Waals surface area contributed by atoms with Crippen LogP contribution in [0.1, 0.15) is 38.6 Å². The van der Waals surface area contributed by atoms with Crippen LogP contribution in [0.2, 0.25) is 0 Å². The maximum absolute atomic E-state index is 5.88. The van der Waals surface area contributed by atoms with Crippen molar-refractivity contribution in [3.8, 4) is 0 Å². The van der Waals surface area contributed by atoms with Gasteiger partial charge in [-0.1, -0.05) is 6.92 Å². The molecular formula is C16H26N4. The van der Waals surface area contributed by atoms with E-state index in [9.17, 15) is 0 Å². The van der Waals surface area contributed by atoms with Gasteiger partial charge in [0.05, 0.1) is 11.0 Å². The highest BCUT2D eigenvalue weighted by Gasteiger charge is 2.15. The Morgan fingerprint density at radius 1 is 1.35 bits per heavy atom. The fourth-order valence-corrected chi connectivity index (χ4v) is 2.63. The summed E-state index contributed by atoms with van der Waals surface area (Å²) in [5.41, 5.74) is 8.88. The Morgan fingerprint density at radius 3 is 2.75 bits per heavy atom. The molecule has 1 aromatic carbocycles. The van der Waals surface area contributed by atoms with Crippen molar-refractivity contribution in [3.63, 3.8) is 0 Å². The minimum atomic E-state index is 0.451. The zero-order valence-corrected chi connectivity index (χ0v) is 13.1. The molecule has 20 heavy (non-hydrogen) atoms. The maximum atomic E-state index is 5.88. The molecule has 0 saturated heterocycles. The smallest absolute Gasteiger partial charge is 0.110 e. The number of rotatable bonds is 6. The highest BCUT2D eigenvalue weighted by Crippen LogP contribution is 2.25. The quantitative estimate of drug-likeness (QED) is 0.823. The van der Waals surface area contributed by atoms with Gasteiger partial charge in [-0.15, -0.1) is 0 Å². The molecule has 1 heterocycles. The van der Waals surface area contributed by atoms with Crippen LogP contribution in [0.15, 0.2) is 18.2 Å². The SMILES string of the molecule is CCCc1nc2cc(N)ccc2n1C(C)CCN(C)C. The summed E-state index contributed by atoms with van der Waals surface area (Å²) in [5.74, 6) is 1.18. The third-order valence-corrected chi connectivity index (χ3v) is 3.70. The second kappa shape index (κ2) is 6.27. The number of aromatic nitrogens is 2. The van der Waals surface area contributed by atoms with E-state index in [1.165, 1.54) is 11.3 Å². The topological polar surface area (TPSA) is 47.1 Å². The third kappa shape index (κ3) is 3.12. The summed E-state index contributed by atoms with van der Waals surface area (Å²) in [6.07, 6.45) is 3.25. The summed E-state index contributed by atoms with van der Waals surface area (Å²) in [7, 11) is 4.23. The molecule has 0 spiro atoms. The van der Waals surface area contributed by atoms with Gasteiger partial charge in [0, 0.05) is 18.2 Å². The first-order valence-electron chi connectivity index (χ1n) is 7.44. The molecule has 0 saturated carbocycles. The van der Waals surface area contributed by atoms with E-state index >= 15 is 0 Å². The number of nitrogens with zero attached hydrogens (tertiary/aromatic N) is 3. The van der Waals surface area contributed by atoms with Gasteiger partial charge in [0.15, 0.2) is 0 Å². The van der Waals surface area contributed by atoms with Crippen LogP contribution in [-0.2, 0) is 6.42 Å². The van der Waals surface area contributed by atoms with Crippen molar-refractivity contribution < 1.29 is 0 Å². The molecule has 0 fully saturated rings. The van der Waals surface area contributed by atoms with Gasteiger partial charge in [-0.2, -0.15) is 0 Å². The molecule has 2 N–H and O–H groups in total. The first kappa shape index (κ1) is 14.9. The average molecular weight is 274 g/mol. The van der Waals surface area contributed by atoms with Crippen LogP contribution in [0.25, 0.3) is 11.0 Å². The highest BCUT2D eigenvalue weighted by molar-refractivity contribution is 5.79. The molecule has 0 bridgehead atoms. The Hall–Kier alpha value is -1.55. The molecule has 110 valence electrons. The first-order chi connectivity index (χ1) is 9.52. The number of anilines is 1. The number of imidazole rings is 1. The number of nitrogens with two attached hydrogens (primary N) is 1. The molecule has 2 aromatic rings. The largest absolute Gasteiger partial charge is 0.399 e. The summed E-state index contributed by atoms with van der Waals surface area (Å²) in [6.45, 7) is 5.56. The van der Waals surface area contributed by atoms with Crippen LogP contribution >= 0.6 is 0 Å². The Labute approximate surface area is 121 Å². The van der Waals surface area contributed by atoms with Crippen LogP contribution in [0.5, 0.6) is 0 Å². The Balaban J connectivity index is 2.39. The van der Waals surface area contributed by atoms with Gasteiger partial charge in [-0.3, -0.25) is 0 Å². The number of benzene rings is 1. The van der Waals surface area contributed by atoms with Crippen molar-refractivity contribution in [2.24, 2.45) is 0 Å². The summed E-state index contributed by atoms with van der Waals surface area (Å²) in [4.78, 5) is 7.01. The van der Waals surface area contributed by atoms with Gasteiger partial charge >= 0.3 is 0 Å². The zero-order valence-electron chi connectivity index (χ0n) is 13.1. The van der Waals surface area contributed by atoms with Crippen LogP contribution < -0.4 is 5.73 Å². The van der Waals surface area contributed by atoms with E-state index in [2.05, 4.69) is 43.5 Å². The maximum Gasteiger partial charge on any atom is 0.110 e. The molecule has 0 radical (unpaired) electrons. The van der Waals surface area contributed by atoms with Gasteiger partial charge in [-0.25, -0.2) is 4.98 Å². The summed E-state index contributed by atoms with van der Waals surface area (Å²) in [5, 5.41) is 0. The first-order valence-corrected chi connectivity index (χ1v) is 7.44. The lowest BCUT2D eigenvalue weighted by Crippen LogP contribution is -2.18. The predicted molar refractivity (Wildman–Crippen MR) is 86.0 cm³/mol. The van der Waals surface area contributed by atoms with E-state index in [1.54, 1.807) is 0 Å². The molecule has 4 heteroatoms. The van der Waals surface area contributed by atoms with Gasteiger partial charge in [-0.05, 0) is 58.6 Å². The van der Waals surface area contributed by atoms with E-state index in [0.29, 0.717) is 6.04 Å². The number of fused-ring (bicyclic) bond motifs is 1. The summed E-state index contributed by atoms with van der Waals surface area (Å²) < 4.78 is 2.39. The lowest BCUT2D eigenvalue weighted by molar-refractivity contribution is 0.357. The fraction of sp³-hybridized carbons (Fsp3) is 0.562. The Kier molecular flexibility index (Phi) is 4.65. The molecule has 0 aliphatic carbocycles. The molecule has 0 aliphatic rings. The molecule has 2 rings (SSSR count). The highest BCUT2D eigenvalue weighted by atomic mass is 15.1. The minimum Gasteiger partial charge on any atom is -0.399 e. The summed E-state index contributed by atoms with van der Waals surface area (Å²) >= 11 is 0. The van der Waals surface area contributed by atoms with Gasteiger partial charge in [0.1, 0.15) is 5.82 Å². The fourth-order valence-electron chi connectivity index (χ4n) is 2.63. The van der Waals surface area contributed by atoms with Crippen LogP contribution in [0.3, 0.4) is 0 Å². The lowest BCUT2D eigenvalue weighted by Gasteiger charge is -2.19. The molecule has 1 unspecified atom stereocenters. The van der Waals surface area contributed by atoms with Crippen molar-refractivity contribution in [3.05, 3.63) is 24.0 Å². The van der Waals surface area contributed by atoms with E-state index in [1.807, 2.05) is 12.1 Å². The monoisotopic (exact) mass is 274 g/mol. The Morgan fingerprint density at radius 2 is 2.10 bits per heavy atom. The van der Waals surface area contributed by atoms with Crippen molar-refractivity contribution in [1.82, 2.24) is 14.5 Å². The van der Waals surface area contributed by atoms with Crippen LogP contribution in [0, 0.1) is 0 Å². The second-order valence-electron chi connectivity index (χ2n) is 5.84. The second-order valence-corrected chi connectivity index (χ2v) is 5.84. The van der Waals surface area contributed by atoms with E-state index in [0.717, 1.165) is 37.0 Å². The standard InChI is InChI=1S/C16H26N4/c1-5-6-16-18-14-11-13(17)7-8-15(14)20(16)12(2)9-10-19(3)4/h7-8,11-12H,5-6,9-10,17H2,1-4H3. The van der Waals surface area contributed by atoms with Crippen molar-refractivity contribution >= 4 is 16.7 Å². The third-order valence-electron chi connectivity index (χ3n) is 3.70. The molecular weight excluding hydrogens is 248 g/mol. The average Bonchev–Trinajstić information content (AvgIpc) is 2.73. The zero-order chi connectivity index (χ0) is 14.7. The van der Waals surface area contributed by atoms with Gasteiger partial charge < -0.3 is 15.2 Å². The Bertz CT molecular complexity index is 571. The molecule has 0 amide bonds. The van der Waals surface area contributed by atoms with Gasteiger partial charge in [0.25, 0.3) is 0 Å². The predicted octanol–water partition coefficient (Wildman–Crippen LogP) is 3.08. The van der Waals surface area contributed by atoms with Crippen LogP contribution in [0.4, 0.5) is 5.69 Å². The van der Waals surface area contributed by atoms with Crippen molar-refractivity contribution in [2.75, 3.05) is 26.4 Å². The summed E-state index contributed by atoms with van der Waals surface area (Å²) in [6, 6.07) is 6.49. The molecule has 1 atom stereocenters.